The average Bonchev–Trinajstić information content (AvgIpc) is 3.26. The predicted molar refractivity (Wildman–Crippen MR) is 103 cm³/mol. The summed E-state index contributed by atoms with van der Waals surface area (Å²) in [6.07, 6.45) is 5.62. The van der Waals surface area contributed by atoms with Gasteiger partial charge in [-0.05, 0) is 66.5 Å². The van der Waals surface area contributed by atoms with Gasteiger partial charge in [0.15, 0.2) is 0 Å². The lowest BCUT2D eigenvalue weighted by atomic mass is 10.2. The standard InChI is InChI=1S/C19H14ClN3OS/c20-15-1-3-16(4-2-15)22-19(24)14-8-10-23(12-14)25-17-5-6-18-13(11-17)7-9-21-18/h1-12,21H,(H,22,24). The number of carbonyl (C=O) groups is 1. The number of halogens is 1. The van der Waals surface area contributed by atoms with Crippen molar-refractivity contribution in [3.8, 4) is 0 Å². The van der Waals surface area contributed by atoms with Gasteiger partial charge in [-0.15, -0.1) is 0 Å². The minimum absolute atomic E-state index is 0.150. The van der Waals surface area contributed by atoms with Crippen molar-refractivity contribution in [3.05, 3.63) is 83.8 Å². The first kappa shape index (κ1) is 15.9. The van der Waals surface area contributed by atoms with Crippen LogP contribution >= 0.6 is 23.5 Å². The van der Waals surface area contributed by atoms with Gasteiger partial charge in [-0.1, -0.05) is 11.6 Å². The Labute approximate surface area is 153 Å². The highest BCUT2D eigenvalue weighted by molar-refractivity contribution is 7.97. The first-order chi connectivity index (χ1) is 12.2. The minimum Gasteiger partial charge on any atom is -0.361 e. The number of benzene rings is 2. The van der Waals surface area contributed by atoms with Gasteiger partial charge in [0.2, 0.25) is 0 Å². The topological polar surface area (TPSA) is 49.8 Å². The molecule has 124 valence electrons. The molecule has 0 aliphatic heterocycles. The number of rotatable bonds is 4. The number of hydrogen-bond acceptors (Lipinski definition) is 2. The molecule has 25 heavy (non-hydrogen) atoms. The van der Waals surface area contributed by atoms with E-state index in [1.807, 2.05) is 28.6 Å². The normalized spacial score (nSPS) is 10.9. The van der Waals surface area contributed by atoms with E-state index in [1.54, 1.807) is 42.3 Å². The van der Waals surface area contributed by atoms with Gasteiger partial charge in [0.25, 0.3) is 5.91 Å². The highest BCUT2D eigenvalue weighted by Crippen LogP contribution is 2.25. The zero-order chi connectivity index (χ0) is 17.2. The third-order valence-corrected chi connectivity index (χ3v) is 4.92. The quantitative estimate of drug-likeness (QED) is 0.505. The van der Waals surface area contributed by atoms with Crippen LogP contribution in [-0.4, -0.2) is 14.9 Å². The second-order valence-corrected chi connectivity index (χ2v) is 7.05. The van der Waals surface area contributed by atoms with Crippen LogP contribution < -0.4 is 5.32 Å². The largest absolute Gasteiger partial charge is 0.361 e. The fourth-order valence-electron chi connectivity index (χ4n) is 2.51. The Balaban J connectivity index is 1.47. The van der Waals surface area contributed by atoms with Crippen molar-refractivity contribution in [2.75, 3.05) is 5.32 Å². The van der Waals surface area contributed by atoms with E-state index >= 15 is 0 Å². The summed E-state index contributed by atoms with van der Waals surface area (Å²) in [5, 5.41) is 4.66. The molecular formula is C19H14ClN3OS. The summed E-state index contributed by atoms with van der Waals surface area (Å²) in [4.78, 5) is 16.6. The first-order valence-electron chi connectivity index (χ1n) is 7.68. The van der Waals surface area contributed by atoms with Crippen LogP contribution in [0, 0.1) is 0 Å². The van der Waals surface area contributed by atoms with Crippen molar-refractivity contribution in [2.45, 2.75) is 4.90 Å². The maximum atomic E-state index is 12.3. The Morgan fingerprint density at radius 1 is 1.08 bits per heavy atom. The minimum atomic E-state index is -0.150. The van der Waals surface area contributed by atoms with Crippen LogP contribution in [-0.2, 0) is 0 Å². The molecule has 0 saturated heterocycles. The molecule has 0 spiro atoms. The summed E-state index contributed by atoms with van der Waals surface area (Å²) in [5.41, 5.74) is 2.43. The maximum Gasteiger partial charge on any atom is 0.257 e. The van der Waals surface area contributed by atoms with Gasteiger partial charge >= 0.3 is 0 Å². The van der Waals surface area contributed by atoms with E-state index < -0.39 is 0 Å². The lowest BCUT2D eigenvalue weighted by Crippen LogP contribution is -2.10. The molecule has 0 fully saturated rings. The third kappa shape index (κ3) is 3.57. The van der Waals surface area contributed by atoms with Crippen LogP contribution in [0.5, 0.6) is 0 Å². The van der Waals surface area contributed by atoms with Gasteiger partial charge in [-0.3, -0.25) is 8.77 Å². The fraction of sp³-hybridized carbons (Fsp3) is 0. The summed E-state index contributed by atoms with van der Waals surface area (Å²) in [6, 6.07) is 17.1. The maximum absolute atomic E-state index is 12.3. The summed E-state index contributed by atoms with van der Waals surface area (Å²) in [6.45, 7) is 0. The molecule has 4 aromatic rings. The number of H-pyrrole nitrogens is 1. The highest BCUT2D eigenvalue weighted by Gasteiger charge is 2.09. The molecule has 0 aliphatic rings. The number of aromatic amines is 1. The second kappa shape index (κ2) is 6.70. The Morgan fingerprint density at radius 3 is 2.76 bits per heavy atom. The molecule has 4 nitrogen and oxygen atoms in total. The van der Waals surface area contributed by atoms with E-state index in [0.717, 1.165) is 15.8 Å². The molecule has 2 N–H and O–H groups in total. The number of anilines is 1. The predicted octanol–water partition coefficient (Wildman–Crippen LogP) is 5.43. The summed E-state index contributed by atoms with van der Waals surface area (Å²) in [5.74, 6) is -0.150. The van der Waals surface area contributed by atoms with Crippen LogP contribution in [0.1, 0.15) is 10.4 Å². The molecule has 2 aromatic carbocycles. The Morgan fingerprint density at radius 2 is 1.92 bits per heavy atom. The molecule has 0 aliphatic carbocycles. The van der Waals surface area contributed by atoms with Gasteiger partial charge in [0.1, 0.15) is 0 Å². The van der Waals surface area contributed by atoms with Crippen molar-refractivity contribution >= 4 is 46.0 Å². The molecule has 0 bridgehead atoms. The summed E-state index contributed by atoms with van der Waals surface area (Å²) in [7, 11) is 0. The van der Waals surface area contributed by atoms with E-state index in [9.17, 15) is 4.79 Å². The Hall–Kier alpha value is -2.63. The van der Waals surface area contributed by atoms with E-state index in [0.29, 0.717) is 16.3 Å². The van der Waals surface area contributed by atoms with Crippen molar-refractivity contribution in [1.82, 2.24) is 8.96 Å². The van der Waals surface area contributed by atoms with Crippen LogP contribution in [0.3, 0.4) is 0 Å². The number of nitrogens with zero attached hydrogens (tertiary/aromatic N) is 1. The summed E-state index contributed by atoms with van der Waals surface area (Å²) < 4.78 is 1.92. The lowest BCUT2D eigenvalue weighted by molar-refractivity contribution is 0.102. The Kier molecular flexibility index (Phi) is 4.26. The van der Waals surface area contributed by atoms with Gasteiger partial charge in [-0.25, -0.2) is 0 Å². The number of fused-ring (bicyclic) bond motifs is 1. The van der Waals surface area contributed by atoms with Gasteiger partial charge in [0.05, 0.1) is 5.56 Å². The van der Waals surface area contributed by atoms with E-state index in [1.165, 1.54) is 0 Å². The van der Waals surface area contributed by atoms with Crippen molar-refractivity contribution in [1.29, 1.82) is 0 Å². The smallest absolute Gasteiger partial charge is 0.257 e. The van der Waals surface area contributed by atoms with Crippen LogP contribution in [0.2, 0.25) is 5.02 Å². The third-order valence-electron chi connectivity index (χ3n) is 3.77. The van der Waals surface area contributed by atoms with E-state index in [-0.39, 0.29) is 5.91 Å². The number of nitrogens with one attached hydrogen (secondary N) is 2. The van der Waals surface area contributed by atoms with E-state index in [2.05, 4.69) is 28.5 Å². The molecule has 2 heterocycles. The zero-order valence-corrected chi connectivity index (χ0v) is 14.6. The number of carbonyl (C=O) groups excluding carboxylic acids is 1. The molecule has 0 saturated carbocycles. The van der Waals surface area contributed by atoms with Gasteiger partial charge in [-0.2, -0.15) is 0 Å². The SMILES string of the molecule is O=C(Nc1ccc(Cl)cc1)c1ccn(Sc2ccc3[nH]ccc3c2)c1. The number of hydrogen-bond donors (Lipinski definition) is 2. The molecule has 0 radical (unpaired) electrons. The zero-order valence-electron chi connectivity index (χ0n) is 13.1. The van der Waals surface area contributed by atoms with Crippen molar-refractivity contribution in [3.63, 3.8) is 0 Å². The molecule has 1 amide bonds. The van der Waals surface area contributed by atoms with Crippen molar-refractivity contribution < 1.29 is 4.79 Å². The number of amides is 1. The molecule has 4 rings (SSSR count). The van der Waals surface area contributed by atoms with Crippen LogP contribution in [0.15, 0.2) is 78.1 Å². The highest BCUT2D eigenvalue weighted by atomic mass is 35.5. The van der Waals surface area contributed by atoms with Gasteiger partial charge in [0, 0.05) is 45.1 Å². The monoisotopic (exact) mass is 367 g/mol. The van der Waals surface area contributed by atoms with Crippen LogP contribution in [0.4, 0.5) is 5.69 Å². The summed E-state index contributed by atoms with van der Waals surface area (Å²) >= 11 is 7.41. The molecule has 0 atom stereocenters. The average molecular weight is 368 g/mol. The molecule has 6 heteroatoms. The van der Waals surface area contributed by atoms with E-state index in [4.69, 9.17) is 11.6 Å². The number of aromatic nitrogens is 2. The Bertz CT molecular complexity index is 1040. The fourth-order valence-corrected chi connectivity index (χ4v) is 3.48. The van der Waals surface area contributed by atoms with Gasteiger partial charge < -0.3 is 10.3 Å². The second-order valence-electron chi connectivity index (χ2n) is 5.54. The molecular weight excluding hydrogens is 354 g/mol. The first-order valence-corrected chi connectivity index (χ1v) is 8.83. The molecule has 0 unspecified atom stereocenters. The van der Waals surface area contributed by atoms with Crippen LogP contribution in [0.25, 0.3) is 10.9 Å². The lowest BCUT2D eigenvalue weighted by Gasteiger charge is -2.04. The van der Waals surface area contributed by atoms with Crippen molar-refractivity contribution in [2.24, 2.45) is 0 Å². The molecule has 2 aromatic heterocycles.